The van der Waals surface area contributed by atoms with E-state index in [2.05, 4.69) is 15.5 Å². The quantitative estimate of drug-likeness (QED) is 0.487. The Kier molecular flexibility index (Phi) is 6.58. The van der Waals surface area contributed by atoms with Crippen LogP contribution in [-0.2, 0) is 16.1 Å². The van der Waals surface area contributed by atoms with E-state index in [1.165, 1.54) is 22.4 Å². The van der Waals surface area contributed by atoms with Crippen molar-refractivity contribution in [2.75, 3.05) is 11.1 Å². The molecule has 0 spiro atoms. The number of nitrogens with zero attached hydrogens (tertiary/aromatic N) is 2. The van der Waals surface area contributed by atoms with E-state index in [4.69, 9.17) is 5.11 Å². The predicted molar refractivity (Wildman–Crippen MR) is 95.6 cm³/mol. The lowest BCUT2D eigenvalue weighted by Crippen LogP contribution is -2.18. The smallest absolute Gasteiger partial charge is 0.343 e. The van der Waals surface area contributed by atoms with Gasteiger partial charge in [0, 0.05) is 18.3 Å². The summed E-state index contributed by atoms with van der Waals surface area (Å²) in [4.78, 5) is 34.1. The fourth-order valence-electron chi connectivity index (χ4n) is 2.01. The molecule has 2 rings (SSSR count). The van der Waals surface area contributed by atoms with E-state index in [9.17, 15) is 14.4 Å². The van der Waals surface area contributed by atoms with Gasteiger partial charge in [-0.2, -0.15) is 0 Å². The summed E-state index contributed by atoms with van der Waals surface area (Å²) in [5, 5.41) is 18.1. The van der Waals surface area contributed by atoms with Crippen LogP contribution in [0.1, 0.15) is 18.9 Å². The van der Waals surface area contributed by atoms with Crippen LogP contribution in [0.2, 0.25) is 0 Å². The molecule has 25 heavy (non-hydrogen) atoms. The molecule has 1 amide bonds. The summed E-state index contributed by atoms with van der Waals surface area (Å²) in [6.07, 6.45) is 3.31. The van der Waals surface area contributed by atoms with Gasteiger partial charge in [0.1, 0.15) is 0 Å². The molecule has 3 N–H and O–H groups in total. The minimum absolute atomic E-state index is 0.120. The Morgan fingerprint density at radius 3 is 2.72 bits per heavy atom. The number of H-pyrrole nitrogens is 1. The van der Waals surface area contributed by atoms with Crippen LogP contribution in [0.5, 0.6) is 0 Å². The van der Waals surface area contributed by atoms with Crippen molar-refractivity contribution in [2.45, 2.75) is 25.0 Å². The number of carbonyl (C=O) groups excluding carboxylic acids is 1. The monoisotopic (exact) mass is 362 g/mol. The van der Waals surface area contributed by atoms with Crippen LogP contribution >= 0.6 is 11.8 Å². The van der Waals surface area contributed by atoms with E-state index < -0.39 is 5.97 Å². The van der Waals surface area contributed by atoms with E-state index in [0.717, 1.165) is 18.1 Å². The number of carboxylic acid groups (broad SMARTS) is 1. The van der Waals surface area contributed by atoms with Crippen LogP contribution in [0.25, 0.3) is 6.08 Å². The van der Waals surface area contributed by atoms with Gasteiger partial charge >= 0.3 is 11.7 Å². The normalized spacial score (nSPS) is 10.9. The Hall–Kier alpha value is -2.81. The van der Waals surface area contributed by atoms with Crippen molar-refractivity contribution in [1.82, 2.24) is 14.8 Å². The Bertz CT molecular complexity index is 823. The average Bonchev–Trinajstić information content (AvgIpc) is 2.93. The molecule has 132 valence electrons. The first-order valence-corrected chi connectivity index (χ1v) is 8.57. The number of aromatic amines is 1. The van der Waals surface area contributed by atoms with Crippen LogP contribution in [0.15, 0.2) is 40.3 Å². The number of carbonyl (C=O) groups is 2. The lowest BCUT2D eigenvalue weighted by Gasteiger charge is -2.06. The third-order valence-electron chi connectivity index (χ3n) is 3.12. The van der Waals surface area contributed by atoms with Gasteiger partial charge in [-0.25, -0.2) is 14.7 Å². The molecule has 2 aromatic rings. The maximum absolute atomic E-state index is 12.0. The summed E-state index contributed by atoms with van der Waals surface area (Å²) >= 11 is 1.18. The van der Waals surface area contributed by atoms with E-state index in [1.807, 2.05) is 6.92 Å². The molecular weight excluding hydrogens is 344 g/mol. The molecule has 1 heterocycles. The summed E-state index contributed by atoms with van der Waals surface area (Å²) in [5.41, 5.74) is 1.04. The zero-order valence-corrected chi connectivity index (χ0v) is 14.4. The van der Waals surface area contributed by atoms with Crippen molar-refractivity contribution in [3.63, 3.8) is 0 Å². The Labute approximate surface area is 147 Å². The standard InChI is InChI=1S/C16H18N4O4S/c1-2-9-20-15(24)18-19-16(20)25-10-13(21)17-12-6-3-11(4-7-12)5-8-14(22)23/h3-8H,2,9-10H2,1H3,(H,17,21)(H,18,24)(H,22,23). The second-order valence-electron chi connectivity index (χ2n) is 5.09. The van der Waals surface area contributed by atoms with Crippen LogP contribution in [0.3, 0.4) is 0 Å². The number of hydrogen-bond acceptors (Lipinski definition) is 5. The molecular formula is C16H18N4O4S. The van der Waals surface area contributed by atoms with Gasteiger partial charge in [-0.1, -0.05) is 30.8 Å². The lowest BCUT2D eigenvalue weighted by atomic mass is 10.2. The van der Waals surface area contributed by atoms with Crippen LogP contribution < -0.4 is 11.0 Å². The number of benzene rings is 1. The number of aromatic nitrogens is 3. The van der Waals surface area contributed by atoms with Crippen LogP contribution in [0, 0.1) is 0 Å². The first-order valence-electron chi connectivity index (χ1n) is 7.58. The van der Waals surface area contributed by atoms with Crippen molar-refractivity contribution in [3.8, 4) is 0 Å². The largest absolute Gasteiger partial charge is 0.478 e. The molecule has 0 radical (unpaired) electrons. The minimum Gasteiger partial charge on any atom is -0.478 e. The number of amides is 1. The number of rotatable bonds is 8. The fraction of sp³-hybridized carbons (Fsp3) is 0.250. The second kappa shape index (κ2) is 8.88. The highest BCUT2D eigenvalue weighted by Crippen LogP contribution is 2.15. The van der Waals surface area contributed by atoms with Gasteiger partial charge < -0.3 is 10.4 Å². The summed E-state index contributed by atoms with van der Waals surface area (Å²) in [6.45, 7) is 2.50. The second-order valence-corrected chi connectivity index (χ2v) is 6.04. The van der Waals surface area contributed by atoms with E-state index >= 15 is 0 Å². The number of nitrogens with one attached hydrogen (secondary N) is 2. The highest BCUT2D eigenvalue weighted by atomic mass is 32.2. The highest BCUT2D eigenvalue weighted by Gasteiger charge is 2.11. The molecule has 1 aromatic heterocycles. The summed E-state index contributed by atoms with van der Waals surface area (Å²) in [6, 6.07) is 6.78. The minimum atomic E-state index is -1.02. The SMILES string of the molecule is CCCn1c(SCC(=O)Nc2ccc(C=CC(=O)O)cc2)n[nH]c1=O. The van der Waals surface area contributed by atoms with Gasteiger partial charge in [0.15, 0.2) is 5.16 Å². The van der Waals surface area contributed by atoms with Crippen molar-refractivity contribution in [1.29, 1.82) is 0 Å². The fourth-order valence-corrected chi connectivity index (χ4v) is 2.78. The van der Waals surface area contributed by atoms with E-state index in [-0.39, 0.29) is 17.3 Å². The number of aliphatic carboxylic acids is 1. The molecule has 1 aromatic carbocycles. The number of anilines is 1. The van der Waals surface area contributed by atoms with Gasteiger partial charge in [0.2, 0.25) is 5.91 Å². The maximum atomic E-state index is 12.0. The molecule has 0 aliphatic heterocycles. The first kappa shape index (κ1) is 18.5. The third kappa shape index (κ3) is 5.64. The first-order chi connectivity index (χ1) is 12.0. The van der Waals surface area contributed by atoms with Gasteiger partial charge in [-0.3, -0.25) is 9.36 Å². The Balaban J connectivity index is 1.90. The van der Waals surface area contributed by atoms with Gasteiger partial charge in [0.05, 0.1) is 5.75 Å². The number of thioether (sulfide) groups is 1. The number of hydrogen-bond donors (Lipinski definition) is 3. The Morgan fingerprint density at radius 2 is 2.08 bits per heavy atom. The van der Waals surface area contributed by atoms with Gasteiger partial charge in [-0.05, 0) is 30.2 Å². The van der Waals surface area contributed by atoms with Crippen molar-refractivity contribution < 1.29 is 14.7 Å². The summed E-state index contributed by atoms with van der Waals surface area (Å²) < 4.78 is 1.50. The topological polar surface area (TPSA) is 117 Å². The molecule has 0 aliphatic carbocycles. The third-order valence-corrected chi connectivity index (χ3v) is 4.09. The zero-order chi connectivity index (χ0) is 18.2. The molecule has 0 fully saturated rings. The zero-order valence-electron chi connectivity index (χ0n) is 13.6. The van der Waals surface area contributed by atoms with Crippen LogP contribution in [0.4, 0.5) is 5.69 Å². The highest BCUT2D eigenvalue weighted by molar-refractivity contribution is 7.99. The van der Waals surface area contributed by atoms with Crippen molar-refractivity contribution >= 4 is 35.4 Å². The maximum Gasteiger partial charge on any atom is 0.343 e. The van der Waals surface area contributed by atoms with Gasteiger partial charge in [0.25, 0.3) is 0 Å². The van der Waals surface area contributed by atoms with E-state index in [1.54, 1.807) is 24.3 Å². The predicted octanol–water partition coefficient (Wildman–Crippen LogP) is 1.81. The van der Waals surface area contributed by atoms with E-state index in [0.29, 0.717) is 17.4 Å². The number of carboxylic acids is 1. The molecule has 9 heteroatoms. The van der Waals surface area contributed by atoms with Crippen molar-refractivity contribution in [3.05, 3.63) is 46.4 Å². The summed E-state index contributed by atoms with van der Waals surface area (Å²) in [7, 11) is 0. The molecule has 0 aliphatic rings. The molecule has 0 unspecified atom stereocenters. The molecule has 0 saturated carbocycles. The Morgan fingerprint density at radius 1 is 1.36 bits per heavy atom. The average molecular weight is 362 g/mol. The lowest BCUT2D eigenvalue weighted by molar-refractivity contribution is -0.131. The van der Waals surface area contributed by atoms with Crippen molar-refractivity contribution in [2.24, 2.45) is 0 Å². The molecule has 8 nitrogen and oxygen atoms in total. The summed E-state index contributed by atoms with van der Waals surface area (Å²) in [5.74, 6) is -1.12. The van der Waals surface area contributed by atoms with Gasteiger partial charge in [-0.15, -0.1) is 5.10 Å². The molecule has 0 atom stereocenters. The van der Waals surface area contributed by atoms with Crippen LogP contribution in [-0.4, -0.2) is 37.5 Å². The molecule has 0 bridgehead atoms. The molecule has 0 saturated heterocycles.